The van der Waals surface area contributed by atoms with Crippen LogP contribution in [0.1, 0.15) is 6.92 Å². The number of halogens is 4. The Morgan fingerprint density at radius 3 is 2.27 bits per heavy atom. The predicted molar refractivity (Wildman–Crippen MR) is 56.0 cm³/mol. The zero-order valence-corrected chi connectivity index (χ0v) is 9.38. The van der Waals surface area contributed by atoms with Crippen LogP contribution in [0.2, 0.25) is 5.02 Å². The van der Waals surface area contributed by atoms with E-state index in [-0.39, 0.29) is 0 Å². The van der Waals surface area contributed by atoms with Crippen molar-refractivity contribution in [3.05, 3.63) is 29.3 Å². The van der Waals surface area contributed by atoms with Crippen LogP contribution in [0, 0.1) is 0 Å². The Hall–Kier alpha value is -0.390. The van der Waals surface area contributed by atoms with Crippen molar-refractivity contribution in [2.75, 3.05) is 0 Å². The lowest BCUT2D eigenvalue weighted by Crippen LogP contribution is -2.35. The molecule has 1 N–H and O–H groups in total. The normalized spacial score (nSPS) is 13.9. The van der Waals surface area contributed by atoms with E-state index in [2.05, 4.69) is 4.72 Å². The van der Waals surface area contributed by atoms with Gasteiger partial charge in [0.05, 0.1) is 0 Å². The van der Waals surface area contributed by atoms with E-state index in [1.54, 1.807) is 24.3 Å². The number of alkyl halides is 3. The maximum atomic E-state index is 12.1. The van der Waals surface area contributed by atoms with Gasteiger partial charge in [0.25, 0.3) is 0 Å². The van der Waals surface area contributed by atoms with Gasteiger partial charge in [0.2, 0.25) is 0 Å². The molecule has 0 aromatic heterocycles. The van der Waals surface area contributed by atoms with Crippen molar-refractivity contribution < 1.29 is 13.2 Å². The molecule has 0 fully saturated rings. The van der Waals surface area contributed by atoms with Crippen molar-refractivity contribution in [3.63, 3.8) is 0 Å². The van der Waals surface area contributed by atoms with Crippen molar-refractivity contribution in [1.82, 2.24) is 4.72 Å². The number of rotatable bonds is 3. The van der Waals surface area contributed by atoms with E-state index in [1.807, 2.05) is 0 Å². The third-order valence-corrected chi connectivity index (χ3v) is 2.89. The maximum absolute atomic E-state index is 12.1. The average Bonchev–Trinajstić information content (AvgIpc) is 2.15. The number of hydrogen-bond acceptors (Lipinski definition) is 2. The van der Waals surface area contributed by atoms with Crippen LogP contribution in [0.3, 0.4) is 0 Å². The third kappa shape index (κ3) is 4.32. The van der Waals surface area contributed by atoms with Gasteiger partial charge in [-0.1, -0.05) is 11.6 Å². The molecule has 1 nitrogen and oxygen atoms in total. The zero-order chi connectivity index (χ0) is 11.5. The molecule has 1 atom stereocenters. The molecule has 0 aliphatic heterocycles. The minimum absolute atomic E-state index is 0.559. The van der Waals surface area contributed by atoms with Gasteiger partial charge in [-0.3, -0.25) is 0 Å². The van der Waals surface area contributed by atoms with Crippen LogP contribution in [0.15, 0.2) is 29.2 Å². The van der Waals surface area contributed by atoms with Gasteiger partial charge in [0.15, 0.2) is 0 Å². The Morgan fingerprint density at radius 2 is 1.80 bits per heavy atom. The zero-order valence-electron chi connectivity index (χ0n) is 7.81. The lowest BCUT2D eigenvalue weighted by Gasteiger charge is -2.16. The number of benzene rings is 1. The van der Waals surface area contributed by atoms with Gasteiger partial charge in [-0.15, -0.1) is 0 Å². The molecule has 0 saturated heterocycles. The van der Waals surface area contributed by atoms with Crippen LogP contribution in [0.4, 0.5) is 13.2 Å². The summed E-state index contributed by atoms with van der Waals surface area (Å²) in [6, 6.07) is 5.03. The van der Waals surface area contributed by atoms with Crippen LogP contribution >= 0.6 is 23.5 Å². The molecule has 1 unspecified atom stereocenters. The molecule has 1 aromatic rings. The van der Waals surface area contributed by atoms with Gasteiger partial charge in [0, 0.05) is 9.92 Å². The fourth-order valence-corrected chi connectivity index (χ4v) is 1.57. The number of nitrogens with one attached hydrogen (secondary N) is 1. The Kier molecular flexibility index (Phi) is 4.31. The molecule has 0 bridgehead atoms. The van der Waals surface area contributed by atoms with Crippen molar-refractivity contribution in [3.8, 4) is 0 Å². The quantitative estimate of drug-likeness (QED) is 0.823. The molecular weight excluding hydrogens is 247 g/mol. The van der Waals surface area contributed by atoms with E-state index in [0.717, 1.165) is 18.9 Å². The summed E-state index contributed by atoms with van der Waals surface area (Å²) >= 11 is 6.57. The van der Waals surface area contributed by atoms with Gasteiger partial charge in [0.1, 0.15) is 6.04 Å². The molecule has 15 heavy (non-hydrogen) atoms. The molecule has 0 saturated carbocycles. The summed E-state index contributed by atoms with van der Waals surface area (Å²) in [5.41, 5.74) is 0. The number of hydrogen-bond donors (Lipinski definition) is 1. The fourth-order valence-electron chi connectivity index (χ4n) is 0.726. The first-order chi connectivity index (χ1) is 6.89. The SMILES string of the molecule is CC(NSc1ccc(Cl)cc1)C(F)(F)F. The fraction of sp³-hybridized carbons (Fsp3) is 0.333. The lowest BCUT2D eigenvalue weighted by molar-refractivity contribution is -0.146. The second kappa shape index (κ2) is 5.09. The van der Waals surface area contributed by atoms with E-state index in [0.29, 0.717) is 9.92 Å². The van der Waals surface area contributed by atoms with Gasteiger partial charge >= 0.3 is 6.18 Å². The Labute approximate surface area is 95.1 Å². The highest BCUT2D eigenvalue weighted by Gasteiger charge is 2.35. The average molecular weight is 256 g/mol. The highest BCUT2D eigenvalue weighted by atomic mass is 35.5. The molecule has 0 amide bonds. The standard InChI is InChI=1S/C9H9ClF3NS/c1-6(9(11,12)13)14-15-8-4-2-7(10)3-5-8/h2-6,14H,1H3. The van der Waals surface area contributed by atoms with E-state index >= 15 is 0 Å². The summed E-state index contributed by atoms with van der Waals surface area (Å²) < 4.78 is 38.7. The van der Waals surface area contributed by atoms with Crippen molar-refractivity contribution in [1.29, 1.82) is 0 Å². The summed E-state index contributed by atoms with van der Waals surface area (Å²) in [4.78, 5) is 0.690. The molecular formula is C9H9ClF3NS. The van der Waals surface area contributed by atoms with Crippen LogP contribution in [0.5, 0.6) is 0 Å². The molecule has 0 spiro atoms. The molecule has 0 aliphatic rings. The van der Waals surface area contributed by atoms with Crippen LogP contribution in [0.25, 0.3) is 0 Å². The van der Waals surface area contributed by atoms with Crippen molar-refractivity contribution in [2.45, 2.75) is 24.0 Å². The highest BCUT2D eigenvalue weighted by Crippen LogP contribution is 2.24. The highest BCUT2D eigenvalue weighted by molar-refractivity contribution is 7.97. The Morgan fingerprint density at radius 1 is 1.27 bits per heavy atom. The predicted octanol–water partition coefficient (Wildman–Crippen LogP) is 3.89. The van der Waals surface area contributed by atoms with Crippen molar-refractivity contribution in [2.24, 2.45) is 0 Å². The summed E-state index contributed by atoms with van der Waals surface area (Å²) in [5.74, 6) is 0. The minimum Gasteiger partial charge on any atom is -0.248 e. The van der Waals surface area contributed by atoms with E-state index in [1.165, 1.54) is 0 Å². The summed E-state index contributed by atoms with van der Waals surface area (Å²) in [6.45, 7) is 1.07. The first-order valence-corrected chi connectivity index (χ1v) is 5.33. The minimum atomic E-state index is -4.22. The Bertz CT molecular complexity index is 312. The smallest absolute Gasteiger partial charge is 0.248 e. The topological polar surface area (TPSA) is 12.0 Å². The van der Waals surface area contributed by atoms with Crippen molar-refractivity contribution >= 4 is 23.5 Å². The summed E-state index contributed by atoms with van der Waals surface area (Å²) in [5, 5.41) is 0.559. The molecule has 0 aliphatic carbocycles. The van der Waals surface area contributed by atoms with Crippen LogP contribution in [-0.4, -0.2) is 12.2 Å². The molecule has 84 valence electrons. The van der Waals surface area contributed by atoms with Crippen LogP contribution < -0.4 is 4.72 Å². The van der Waals surface area contributed by atoms with E-state index < -0.39 is 12.2 Å². The lowest BCUT2D eigenvalue weighted by atomic mass is 10.4. The van der Waals surface area contributed by atoms with Gasteiger partial charge in [-0.2, -0.15) is 13.2 Å². The molecule has 1 aromatic carbocycles. The molecule has 1 rings (SSSR count). The summed E-state index contributed by atoms with van der Waals surface area (Å²) in [6.07, 6.45) is -4.22. The monoisotopic (exact) mass is 255 g/mol. The van der Waals surface area contributed by atoms with Gasteiger partial charge < -0.3 is 0 Å². The Balaban J connectivity index is 2.47. The largest absolute Gasteiger partial charge is 0.404 e. The maximum Gasteiger partial charge on any atom is 0.404 e. The molecule has 0 radical (unpaired) electrons. The summed E-state index contributed by atoms with van der Waals surface area (Å²) in [7, 11) is 0. The van der Waals surface area contributed by atoms with Gasteiger partial charge in [-0.25, -0.2) is 4.72 Å². The first-order valence-electron chi connectivity index (χ1n) is 4.14. The van der Waals surface area contributed by atoms with E-state index in [9.17, 15) is 13.2 Å². The molecule has 6 heteroatoms. The van der Waals surface area contributed by atoms with E-state index in [4.69, 9.17) is 11.6 Å². The second-order valence-electron chi connectivity index (χ2n) is 2.94. The first kappa shape index (κ1) is 12.7. The van der Waals surface area contributed by atoms with Gasteiger partial charge in [-0.05, 0) is 43.1 Å². The third-order valence-electron chi connectivity index (χ3n) is 1.66. The van der Waals surface area contributed by atoms with Crippen LogP contribution in [-0.2, 0) is 0 Å². The molecule has 0 heterocycles. The second-order valence-corrected chi connectivity index (χ2v) is 4.28.